The molecule has 0 aromatic heterocycles. The zero-order valence-electron chi connectivity index (χ0n) is 11.6. The van der Waals surface area contributed by atoms with E-state index >= 15 is 0 Å². The average Bonchev–Trinajstić information content (AvgIpc) is 2.44. The lowest BCUT2D eigenvalue weighted by Crippen LogP contribution is -2.00. The molecule has 0 aliphatic heterocycles. The standard InChI is InChI=1S/C17H17Br2Cl/c1-3-11-5-6-12(4-2)16(7-11)17(20)13-8-14(18)10-15(19)9-13/h5-10,17H,3-4H2,1-2H3. The molecule has 0 aliphatic rings. The highest BCUT2D eigenvalue weighted by Crippen LogP contribution is 2.35. The molecule has 0 saturated heterocycles. The van der Waals surface area contributed by atoms with Gasteiger partial charge in [0.1, 0.15) is 0 Å². The summed E-state index contributed by atoms with van der Waals surface area (Å²) in [6, 6.07) is 12.8. The van der Waals surface area contributed by atoms with Crippen molar-refractivity contribution in [3.8, 4) is 0 Å². The van der Waals surface area contributed by atoms with E-state index in [9.17, 15) is 0 Å². The molecule has 2 rings (SSSR count). The molecule has 3 heteroatoms. The van der Waals surface area contributed by atoms with Crippen LogP contribution in [0.5, 0.6) is 0 Å². The van der Waals surface area contributed by atoms with Gasteiger partial charge in [-0.25, -0.2) is 0 Å². The van der Waals surface area contributed by atoms with E-state index < -0.39 is 0 Å². The van der Waals surface area contributed by atoms with Crippen LogP contribution in [0.15, 0.2) is 45.3 Å². The summed E-state index contributed by atoms with van der Waals surface area (Å²) in [6.07, 6.45) is 2.03. The van der Waals surface area contributed by atoms with Gasteiger partial charge in [0.25, 0.3) is 0 Å². The third-order valence-corrected chi connectivity index (χ3v) is 4.85. The minimum absolute atomic E-state index is 0.120. The second kappa shape index (κ2) is 7.11. The second-order valence-electron chi connectivity index (χ2n) is 4.81. The number of hydrogen-bond donors (Lipinski definition) is 0. The Hall–Kier alpha value is -0.310. The summed E-state index contributed by atoms with van der Waals surface area (Å²) in [5, 5.41) is -0.120. The highest BCUT2D eigenvalue weighted by Gasteiger charge is 2.15. The van der Waals surface area contributed by atoms with Crippen molar-refractivity contribution in [1.82, 2.24) is 0 Å². The Morgan fingerprint density at radius 1 is 0.950 bits per heavy atom. The summed E-state index contributed by atoms with van der Waals surface area (Å²) >= 11 is 13.8. The van der Waals surface area contributed by atoms with E-state index in [1.165, 1.54) is 16.7 Å². The van der Waals surface area contributed by atoms with Gasteiger partial charge in [-0.05, 0) is 53.3 Å². The molecule has 20 heavy (non-hydrogen) atoms. The Kier molecular flexibility index (Phi) is 5.71. The van der Waals surface area contributed by atoms with E-state index in [0.717, 1.165) is 27.4 Å². The zero-order chi connectivity index (χ0) is 14.7. The molecule has 0 amide bonds. The number of halogens is 3. The van der Waals surface area contributed by atoms with Crippen molar-refractivity contribution in [3.63, 3.8) is 0 Å². The van der Waals surface area contributed by atoms with Crippen molar-refractivity contribution in [2.75, 3.05) is 0 Å². The maximum Gasteiger partial charge on any atom is 0.0838 e. The van der Waals surface area contributed by atoms with Crippen LogP contribution in [-0.4, -0.2) is 0 Å². The zero-order valence-corrected chi connectivity index (χ0v) is 15.5. The molecule has 2 aromatic rings. The van der Waals surface area contributed by atoms with Gasteiger partial charge < -0.3 is 0 Å². The van der Waals surface area contributed by atoms with E-state index in [1.807, 2.05) is 6.07 Å². The lowest BCUT2D eigenvalue weighted by atomic mass is 9.95. The number of alkyl halides is 1. The van der Waals surface area contributed by atoms with E-state index in [2.05, 4.69) is 76.0 Å². The van der Waals surface area contributed by atoms with E-state index in [1.54, 1.807) is 0 Å². The summed E-state index contributed by atoms with van der Waals surface area (Å²) in [4.78, 5) is 0. The Morgan fingerprint density at radius 3 is 2.15 bits per heavy atom. The molecule has 1 unspecified atom stereocenters. The first-order chi connectivity index (χ1) is 9.55. The van der Waals surface area contributed by atoms with Crippen molar-refractivity contribution in [2.24, 2.45) is 0 Å². The topological polar surface area (TPSA) is 0 Å². The predicted molar refractivity (Wildman–Crippen MR) is 94.7 cm³/mol. The summed E-state index contributed by atoms with van der Waals surface area (Å²) in [7, 11) is 0. The van der Waals surface area contributed by atoms with Crippen LogP contribution in [0.1, 0.15) is 41.5 Å². The first-order valence-electron chi connectivity index (χ1n) is 6.76. The number of hydrogen-bond acceptors (Lipinski definition) is 0. The molecule has 0 spiro atoms. The molecule has 0 fully saturated rings. The Labute approximate surface area is 142 Å². The number of aryl methyl sites for hydroxylation is 2. The average molecular weight is 417 g/mol. The van der Waals surface area contributed by atoms with Gasteiger partial charge in [0.15, 0.2) is 0 Å². The van der Waals surface area contributed by atoms with Gasteiger partial charge in [0.05, 0.1) is 5.38 Å². The van der Waals surface area contributed by atoms with Crippen LogP contribution in [0.3, 0.4) is 0 Å². The summed E-state index contributed by atoms with van der Waals surface area (Å²) in [5.41, 5.74) is 4.98. The maximum atomic E-state index is 6.75. The smallest absolute Gasteiger partial charge is 0.0838 e. The van der Waals surface area contributed by atoms with Crippen LogP contribution in [0, 0.1) is 0 Å². The molecule has 0 radical (unpaired) electrons. The van der Waals surface area contributed by atoms with E-state index in [-0.39, 0.29) is 5.38 Å². The normalized spacial score (nSPS) is 12.4. The monoisotopic (exact) mass is 414 g/mol. The molecule has 0 bridgehead atoms. The third-order valence-electron chi connectivity index (χ3n) is 3.45. The molecule has 106 valence electrons. The third kappa shape index (κ3) is 3.66. The van der Waals surface area contributed by atoms with Crippen LogP contribution in [0.4, 0.5) is 0 Å². The Morgan fingerprint density at radius 2 is 1.60 bits per heavy atom. The van der Waals surface area contributed by atoms with Crippen molar-refractivity contribution in [1.29, 1.82) is 0 Å². The molecule has 0 aliphatic carbocycles. The van der Waals surface area contributed by atoms with Crippen LogP contribution in [0.25, 0.3) is 0 Å². The molecular formula is C17H17Br2Cl. The van der Waals surface area contributed by atoms with Gasteiger partial charge in [0.2, 0.25) is 0 Å². The number of benzene rings is 2. The fraction of sp³-hybridized carbons (Fsp3) is 0.294. The SMILES string of the molecule is CCc1ccc(CC)c(C(Cl)c2cc(Br)cc(Br)c2)c1. The van der Waals surface area contributed by atoms with Crippen molar-refractivity contribution in [3.05, 3.63) is 67.6 Å². The van der Waals surface area contributed by atoms with Gasteiger partial charge in [-0.15, -0.1) is 11.6 Å². The number of rotatable bonds is 4. The molecule has 0 N–H and O–H groups in total. The Bertz CT molecular complexity index is 588. The van der Waals surface area contributed by atoms with Crippen LogP contribution < -0.4 is 0 Å². The Balaban J connectivity index is 2.48. The lowest BCUT2D eigenvalue weighted by molar-refractivity contribution is 1.02. The van der Waals surface area contributed by atoms with Crippen molar-refractivity contribution >= 4 is 43.5 Å². The van der Waals surface area contributed by atoms with E-state index in [0.29, 0.717) is 0 Å². The van der Waals surface area contributed by atoms with Crippen molar-refractivity contribution < 1.29 is 0 Å². The quantitative estimate of drug-likeness (QED) is 0.489. The van der Waals surface area contributed by atoms with Gasteiger partial charge in [-0.3, -0.25) is 0 Å². The first-order valence-corrected chi connectivity index (χ1v) is 8.79. The second-order valence-corrected chi connectivity index (χ2v) is 7.07. The van der Waals surface area contributed by atoms with Crippen molar-refractivity contribution in [2.45, 2.75) is 32.1 Å². The molecular weight excluding hydrogens is 399 g/mol. The van der Waals surface area contributed by atoms with Gasteiger partial charge >= 0.3 is 0 Å². The van der Waals surface area contributed by atoms with Gasteiger partial charge in [0, 0.05) is 8.95 Å². The highest BCUT2D eigenvalue weighted by molar-refractivity contribution is 9.11. The van der Waals surface area contributed by atoms with E-state index in [4.69, 9.17) is 11.6 Å². The fourth-order valence-electron chi connectivity index (χ4n) is 2.32. The minimum Gasteiger partial charge on any atom is -0.113 e. The minimum atomic E-state index is -0.120. The molecule has 0 heterocycles. The molecule has 2 aromatic carbocycles. The van der Waals surface area contributed by atoms with Crippen LogP contribution >= 0.6 is 43.5 Å². The van der Waals surface area contributed by atoms with Gasteiger partial charge in [-0.2, -0.15) is 0 Å². The lowest BCUT2D eigenvalue weighted by Gasteiger charge is -2.16. The maximum absolute atomic E-state index is 6.75. The largest absolute Gasteiger partial charge is 0.113 e. The van der Waals surface area contributed by atoms with Gasteiger partial charge in [-0.1, -0.05) is 63.9 Å². The molecule has 1 atom stereocenters. The molecule has 0 saturated carbocycles. The summed E-state index contributed by atoms with van der Waals surface area (Å²) < 4.78 is 2.08. The molecule has 0 nitrogen and oxygen atoms in total. The summed E-state index contributed by atoms with van der Waals surface area (Å²) in [5.74, 6) is 0. The highest BCUT2D eigenvalue weighted by atomic mass is 79.9. The summed E-state index contributed by atoms with van der Waals surface area (Å²) in [6.45, 7) is 4.34. The van der Waals surface area contributed by atoms with Crippen LogP contribution in [0.2, 0.25) is 0 Å². The first kappa shape index (κ1) is 16.1. The predicted octanol–water partition coefficient (Wildman–Crippen LogP) is 6.66. The van der Waals surface area contributed by atoms with Crippen LogP contribution in [-0.2, 0) is 12.8 Å². The fourth-order valence-corrected chi connectivity index (χ4v) is 3.98.